The minimum atomic E-state index is -5.40. The lowest BCUT2D eigenvalue weighted by Gasteiger charge is -2.31. The van der Waals surface area contributed by atoms with Crippen molar-refractivity contribution in [2.75, 3.05) is 20.3 Å². The van der Waals surface area contributed by atoms with Crippen molar-refractivity contribution in [3.63, 3.8) is 0 Å². The fraction of sp³-hybridized carbons (Fsp3) is 0.355. The molecule has 2 aromatic heterocycles. The van der Waals surface area contributed by atoms with Gasteiger partial charge in [-0.1, -0.05) is 0 Å². The van der Waals surface area contributed by atoms with Crippen LogP contribution in [0.3, 0.4) is 0 Å². The summed E-state index contributed by atoms with van der Waals surface area (Å²) < 4.78 is 86.9. The van der Waals surface area contributed by atoms with Crippen molar-refractivity contribution in [1.29, 1.82) is 0 Å². The minimum Gasteiger partial charge on any atom is -0.494 e. The summed E-state index contributed by atoms with van der Waals surface area (Å²) in [5, 5.41) is 18.5. The molecule has 1 fully saturated rings. The monoisotopic (exact) mass is 661 g/mol. The van der Waals surface area contributed by atoms with Crippen LogP contribution in [0.5, 0.6) is 17.2 Å². The van der Waals surface area contributed by atoms with E-state index in [0.29, 0.717) is 10.9 Å². The molecule has 47 heavy (non-hydrogen) atoms. The number of methoxy groups -OCH3 is 1. The Morgan fingerprint density at radius 2 is 1.89 bits per heavy atom. The van der Waals surface area contributed by atoms with Gasteiger partial charge in [0.1, 0.15) is 40.5 Å². The number of nitrogens with zero attached hydrogens (tertiary/aromatic N) is 3. The van der Waals surface area contributed by atoms with Crippen molar-refractivity contribution in [3.8, 4) is 28.5 Å². The number of hydrogen-bond donors (Lipinski definition) is 3. The zero-order valence-electron chi connectivity index (χ0n) is 24.9. The van der Waals surface area contributed by atoms with Crippen LogP contribution in [0.2, 0.25) is 0 Å². The molecular formula is C31H28F5N5O6. The fourth-order valence-electron chi connectivity index (χ4n) is 5.37. The van der Waals surface area contributed by atoms with Gasteiger partial charge in [-0.25, -0.2) is 4.98 Å². The third-order valence-electron chi connectivity index (χ3n) is 8.36. The van der Waals surface area contributed by atoms with Crippen molar-refractivity contribution < 1.29 is 50.9 Å². The van der Waals surface area contributed by atoms with Crippen LogP contribution in [0.15, 0.2) is 48.7 Å². The molecule has 2 atom stereocenters. The van der Waals surface area contributed by atoms with Crippen LogP contribution < -0.4 is 25.3 Å². The van der Waals surface area contributed by atoms with Crippen molar-refractivity contribution in [2.45, 2.75) is 49.6 Å². The van der Waals surface area contributed by atoms with Gasteiger partial charge in [-0.05, 0) is 62.2 Å². The number of nitrogens with one attached hydrogen (secondary N) is 1. The molecule has 4 aromatic rings. The average molecular weight is 662 g/mol. The Morgan fingerprint density at radius 3 is 2.49 bits per heavy atom. The molecule has 2 aromatic carbocycles. The first-order chi connectivity index (χ1) is 22.1. The summed E-state index contributed by atoms with van der Waals surface area (Å²) in [6.45, 7) is -3.48. The van der Waals surface area contributed by atoms with Crippen molar-refractivity contribution >= 4 is 22.7 Å². The Balaban J connectivity index is 1.39. The third-order valence-corrected chi connectivity index (χ3v) is 8.36. The molecule has 0 saturated heterocycles. The molecule has 11 nitrogen and oxygen atoms in total. The second-order valence-electron chi connectivity index (χ2n) is 11.6. The average Bonchev–Trinajstić information content (AvgIpc) is 3.69. The number of nitrogens with two attached hydrogens (primary N) is 1. The third kappa shape index (κ3) is 5.66. The molecule has 248 valence electrons. The number of hydrogen-bond acceptors (Lipinski definition) is 8. The van der Waals surface area contributed by atoms with E-state index in [1.165, 1.54) is 38.3 Å². The van der Waals surface area contributed by atoms with E-state index in [0.717, 1.165) is 31.0 Å². The van der Waals surface area contributed by atoms with Crippen molar-refractivity contribution in [3.05, 3.63) is 65.5 Å². The summed E-state index contributed by atoms with van der Waals surface area (Å²) in [5.41, 5.74) is -0.549. The Kier molecular flexibility index (Phi) is 7.73. The molecule has 3 heterocycles. The standard InChI is InChI=1S/C31H28F5N5O6/c1-29(27(37)43)14-46-25-20(29)11-22(39-24(25)15-3-7-19(8-4-15)47-28(32)33)30(44,31(34,35)36)13-38-26(42)16-9-17-12-41(18-5-6-18)40-23(17)21(10-16)45-2/h3-4,7-12,18,28,44H,5-6,13-14H2,1-2H3,(H2,37,43)(H,38,42)/t29-,30+/m0/s1. The lowest BCUT2D eigenvalue weighted by Crippen LogP contribution is -2.51. The quantitative estimate of drug-likeness (QED) is 0.212. The van der Waals surface area contributed by atoms with E-state index in [4.69, 9.17) is 15.2 Å². The number of benzene rings is 2. The maximum atomic E-state index is 14.8. The normalized spacial score (nSPS) is 18.8. The summed E-state index contributed by atoms with van der Waals surface area (Å²) in [5.74, 6) is -1.95. The van der Waals surface area contributed by atoms with Crippen LogP contribution in [0.25, 0.3) is 22.2 Å². The van der Waals surface area contributed by atoms with Gasteiger partial charge in [0.05, 0.1) is 25.4 Å². The smallest absolute Gasteiger partial charge is 0.424 e. The summed E-state index contributed by atoms with van der Waals surface area (Å²) in [6.07, 6.45) is -1.79. The Labute approximate surface area is 263 Å². The van der Waals surface area contributed by atoms with E-state index in [-0.39, 0.29) is 52.3 Å². The molecule has 1 saturated carbocycles. The number of alkyl halides is 5. The van der Waals surface area contributed by atoms with Gasteiger partial charge < -0.3 is 30.4 Å². The van der Waals surface area contributed by atoms with E-state index >= 15 is 0 Å². The van der Waals surface area contributed by atoms with Crippen LogP contribution in [0, 0.1) is 0 Å². The molecule has 0 bridgehead atoms. The number of pyridine rings is 1. The van der Waals surface area contributed by atoms with Crippen LogP contribution in [0.1, 0.15) is 47.4 Å². The highest BCUT2D eigenvalue weighted by atomic mass is 19.4. The maximum Gasteiger partial charge on any atom is 0.424 e. The predicted molar refractivity (Wildman–Crippen MR) is 155 cm³/mol. The highest BCUT2D eigenvalue weighted by molar-refractivity contribution is 6.00. The molecule has 0 spiro atoms. The Bertz CT molecular complexity index is 1880. The van der Waals surface area contributed by atoms with Crippen LogP contribution in [0.4, 0.5) is 22.0 Å². The van der Waals surface area contributed by atoms with Gasteiger partial charge in [-0.3, -0.25) is 14.3 Å². The van der Waals surface area contributed by atoms with E-state index in [2.05, 4.69) is 20.1 Å². The predicted octanol–water partition coefficient (Wildman–Crippen LogP) is 4.36. The summed E-state index contributed by atoms with van der Waals surface area (Å²) >= 11 is 0. The maximum absolute atomic E-state index is 14.8. The van der Waals surface area contributed by atoms with Gasteiger partial charge in [-0.15, -0.1) is 0 Å². The van der Waals surface area contributed by atoms with Crippen molar-refractivity contribution in [1.82, 2.24) is 20.1 Å². The minimum absolute atomic E-state index is 0.0439. The molecule has 1 aliphatic heterocycles. The Hall–Kier alpha value is -4.99. The molecular weight excluding hydrogens is 633 g/mol. The van der Waals surface area contributed by atoms with Gasteiger partial charge in [0, 0.05) is 28.3 Å². The van der Waals surface area contributed by atoms with Gasteiger partial charge >= 0.3 is 12.8 Å². The number of halogens is 5. The van der Waals surface area contributed by atoms with E-state index in [1.807, 2.05) is 0 Å². The van der Waals surface area contributed by atoms with Gasteiger partial charge in [0.2, 0.25) is 11.5 Å². The first-order valence-electron chi connectivity index (χ1n) is 14.3. The first-order valence-corrected chi connectivity index (χ1v) is 14.3. The number of carbonyl (C=O) groups is 2. The molecule has 0 radical (unpaired) electrons. The molecule has 0 unspecified atom stereocenters. The summed E-state index contributed by atoms with van der Waals surface area (Å²) in [4.78, 5) is 29.8. The van der Waals surface area contributed by atoms with Gasteiger partial charge in [-0.2, -0.15) is 27.1 Å². The summed E-state index contributed by atoms with van der Waals surface area (Å²) in [6, 6.07) is 8.65. The lowest BCUT2D eigenvalue weighted by atomic mass is 9.81. The summed E-state index contributed by atoms with van der Waals surface area (Å²) in [7, 11) is 1.37. The zero-order valence-corrected chi connectivity index (χ0v) is 24.9. The highest BCUT2D eigenvalue weighted by Crippen LogP contribution is 2.48. The van der Waals surface area contributed by atoms with Gasteiger partial charge in [0.15, 0.2) is 0 Å². The largest absolute Gasteiger partial charge is 0.494 e. The van der Waals surface area contributed by atoms with E-state index in [1.54, 1.807) is 10.9 Å². The molecule has 2 amide bonds. The van der Waals surface area contributed by atoms with E-state index in [9.17, 15) is 36.6 Å². The second-order valence-corrected chi connectivity index (χ2v) is 11.6. The number of fused-ring (bicyclic) bond motifs is 2. The molecule has 2 aliphatic rings. The van der Waals surface area contributed by atoms with Crippen LogP contribution in [-0.4, -0.2) is 64.7 Å². The van der Waals surface area contributed by atoms with Gasteiger partial charge in [0.25, 0.3) is 5.91 Å². The fourth-order valence-corrected chi connectivity index (χ4v) is 5.37. The molecule has 16 heteroatoms. The highest BCUT2D eigenvalue weighted by Gasteiger charge is 2.57. The molecule has 1 aliphatic carbocycles. The number of carbonyl (C=O) groups excluding carboxylic acids is 2. The first kappa shape index (κ1) is 32.0. The number of amides is 2. The Morgan fingerprint density at radius 1 is 1.19 bits per heavy atom. The zero-order chi connectivity index (χ0) is 33.9. The number of aliphatic hydroxyl groups is 1. The number of primary amides is 1. The lowest BCUT2D eigenvalue weighted by molar-refractivity contribution is -0.265. The SMILES string of the molecule is COc1cc(C(=O)NC[C@@](O)(c2cc3c(c(-c4ccc(OC(F)F)cc4)n2)OC[C@]3(C)C(N)=O)C(F)(F)F)cc2cn(C3CC3)nc12. The van der Waals surface area contributed by atoms with Crippen molar-refractivity contribution in [2.24, 2.45) is 5.73 Å². The number of ether oxygens (including phenoxy) is 3. The van der Waals surface area contributed by atoms with E-state index < -0.39 is 47.9 Å². The number of rotatable bonds is 10. The topological polar surface area (TPSA) is 151 Å². The second kappa shape index (κ2) is 11.4. The van der Waals surface area contributed by atoms with Crippen LogP contribution in [-0.2, 0) is 15.8 Å². The molecule has 6 rings (SSSR count). The molecule has 4 N–H and O–H groups in total. The van der Waals surface area contributed by atoms with Crippen LogP contribution >= 0.6 is 0 Å². The number of aromatic nitrogens is 3.